The van der Waals surface area contributed by atoms with Crippen LogP contribution < -0.4 is 15.4 Å². The lowest BCUT2D eigenvalue weighted by Crippen LogP contribution is -2.43. The number of nitrogens with zero attached hydrogens (tertiary/aromatic N) is 6. The number of ether oxygens (including phenoxy) is 2. The first kappa shape index (κ1) is 39.7. The topological polar surface area (TPSA) is 121 Å². The Balaban J connectivity index is 1.52. The van der Waals surface area contributed by atoms with E-state index < -0.39 is 90.7 Å². The minimum atomic E-state index is -5.52. The van der Waals surface area contributed by atoms with E-state index in [1.165, 1.54) is 16.9 Å². The highest BCUT2D eigenvalue weighted by molar-refractivity contribution is 7.23. The Kier molecular flexibility index (Phi) is 10.2. The third-order valence-corrected chi connectivity index (χ3v) is 12.2. The van der Waals surface area contributed by atoms with E-state index >= 15 is 30.7 Å². The Labute approximate surface area is 319 Å². The van der Waals surface area contributed by atoms with Crippen molar-refractivity contribution in [3.05, 3.63) is 40.7 Å². The fourth-order valence-electron chi connectivity index (χ4n) is 8.81. The molecule has 4 aromatic rings. The summed E-state index contributed by atoms with van der Waals surface area (Å²) in [6, 6.07) is 2.18. The minimum Gasteiger partial charge on any atom is -0.461 e. The molecule has 7 rings (SSSR count). The second kappa shape index (κ2) is 14.4. The Morgan fingerprint density at radius 1 is 1.18 bits per heavy atom. The standard InChI is InChI=1S/C37H37F8N7O3S/c1-4-51(20-10-18(2)52(15-20)26(53)16-54-3)33-22-11-24(36(40,41)42)28(21-6-7-25(39)31-27(21)23(13-46)32(47)56-31)29(37(43,44)45)30(22)48-34(49-33)55-17-35-8-5-9-50(35)14-19(38)12-35/h6-7,11,18-20H,4-5,8-10,12,14-17,47H2,1-3H3/t18-,19+,20+,35-/m0/s1. The van der Waals surface area contributed by atoms with Crippen molar-refractivity contribution in [2.75, 3.05) is 57.1 Å². The monoisotopic (exact) mass is 811 g/mol. The highest BCUT2D eigenvalue weighted by Crippen LogP contribution is 2.52. The van der Waals surface area contributed by atoms with Crippen molar-refractivity contribution in [3.63, 3.8) is 0 Å². The van der Waals surface area contributed by atoms with Gasteiger partial charge in [-0.2, -0.15) is 41.6 Å². The number of likely N-dealkylation sites (tertiary alicyclic amines) is 1. The van der Waals surface area contributed by atoms with Crippen LogP contribution in [0.5, 0.6) is 6.01 Å². The number of rotatable bonds is 9. The summed E-state index contributed by atoms with van der Waals surface area (Å²) in [6.07, 6.45) is -10.4. The maximum absolute atomic E-state index is 15.7. The highest BCUT2D eigenvalue weighted by atomic mass is 32.1. The first-order valence-corrected chi connectivity index (χ1v) is 18.7. The fraction of sp³-hybridized carbons (Fsp3) is 0.514. The quantitative estimate of drug-likeness (QED) is 0.171. The molecule has 56 heavy (non-hydrogen) atoms. The summed E-state index contributed by atoms with van der Waals surface area (Å²) in [5, 5.41) is 8.50. The van der Waals surface area contributed by atoms with Crippen LogP contribution in [-0.2, 0) is 21.9 Å². The van der Waals surface area contributed by atoms with Crippen molar-refractivity contribution >= 4 is 49.1 Å². The lowest BCUT2D eigenvalue weighted by molar-refractivity contribution is -0.141. The number of carbonyl (C=O) groups is 1. The molecule has 0 unspecified atom stereocenters. The van der Waals surface area contributed by atoms with Crippen LogP contribution in [0.2, 0.25) is 0 Å². The molecule has 3 saturated heterocycles. The lowest BCUT2D eigenvalue weighted by Gasteiger charge is -2.32. The molecule has 2 aromatic carbocycles. The number of likely N-dealkylation sites (N-methyl/N-ethyl adjacent to an activating group) is 1. The van der Waals surface area contributed by atoms with E-state index in [0.717, 1.165) is 18.6 Å². The predicted molar refractivity (Wildman–Crippen MR) is 192 cm³/mol. The van der Waals surface area contributed by atoms with Crippen LogP contribution in [0.15, 0.2) is 18.2 Å². The number of methoxy groups -OCH3 is 1. The zero-order valence-electron chi connectivity index (χ0n) is 30.5. The lowest BCUT2D eigenvalue weighted by atomic mass is 9.88. The van der Waals surface area contributed by atoms with E-state index in [1.54, 1.807) is 19.9 Å². The number of nitriles is 1. The Morgan fingerprint density at radius 2 is 1.93 bits per heavy atom. The third-order valence-electron chi connectivity index (χ3n) is 11.2. The van der Waals surface area contributed by atoms with Crippen LogP contribution >= 0.6 is 11.3 Å². The number of nitrogens with two attached hydrogens (primary N) is 1. The van der Waals surface area contributed by atoms with Gasteiger partial charge in [-0.25, -0.2) is 8.78 Å². The molecule has 0 saturated carbocycles. The van der Waals surface area contributed by atoms with Crippen molar-refractivity contribution in [2.45, 2.75) is 75.7 Å². The molecule has 300 valence electrons. The first-order chi connectivity index (χ1) is 26.4. The summed E-state index contributed by atoms with van der Waals surface area (Å²) in [4.78, 5) is 26.5. The molecule has 1 amide bonds. The molecule has 3 aliphatic heterocycles. The number of benzene rings is 2. The molecule has 0 aliphatic carbocycles. The van der Waals surface area contributed by atoms with E-state index in [-0.39, 0.29) is 62.0 Å². The average Bonchev–Trinajstić information content (AvgIpc) is 3.87. The summed E-state index contributed by atoms with van der Waals surface area (Å²) in [5.41, 5.74) is -1.90. The maximum Gasteiger partial charge on any atom is 0.419 e. The highest BCUT2D eigenvalue weighted by Gasteiger charge is 2.50. The normalized spacial score (nSPS) is 23.0. The van der Waals surface area contributed by atoms with Crippen LogP contribution in [0.1, 0.15) is 56.2 Å². The van der Waals surface area contributed by atoms with Gasteiger partial charge in [-0.05, 0) is 57.4 Å². The number of alkyl halides is 7. The number of nitrogen functional groups attached to an aromatic ring is 1. The van der Waals surface area contributed by atoms with E-state index in [1.807, 2.05) is 4.90 Å². The third kappa shape index (κ3) is 6.72. The summed E-state index contributed by atoms with van der Waals surface area (Å²) in [6.45, 7) is 3.83. The number of hydrogen-bond acceptors (Lipinski definition) is 10. The van der Waals surface area contributed by atoms with Gasteiger partial charge in [0.05, 0.1) is 32.4 Å². The number of fused-ring (bicyclic) bond motifs is 3. The number of thiophene rings is 1. The number of aromatic nitrogens is 2. The van der Waals surface area contributed by atoms with E-state index in [0.29, 0.717) is 36.8 Å². The molecule has 19 heteroatoms. The van der Waals surface area contributed by atoms with Crippen LogP contribution in [0, 0.1) is 17.1 Å². The van der Waals surface area contributed by atoms with Crippen molar-refractivity contribution in [1.29, 1.82) is 5.26 Å². The molecule has 3 fully saturated rings. The van der Waals surface area contributed by atoms with Crippen LogP contribution in [0.4, 0.5) is 45.9 Å². The number of halogens is 8. The van der Waals surface area contributed by atoms with Crippen molar-refractivity contribution in [2.24, 2.45) is 0 Å². The van der Waals surface area contributed by atoms with E-state index in [4.69, 9.17) is 15.2 Å². The van der Waals surface area contributed by atoms with E-state index in [2.05, 4.69) is 9.97 Å². The number of amides is 1. The summed E-state index contributed by atoms with van der Waals surface area (Å²) in [7, 11) is 1.35. The predicted octanol–water partition coefficient (Wildman–Crippen LogP) is 7.56. The van der Waals surface area contributed by atoms with Gasteiger partial charge in [0.25, 0.3) is 0 Å². The SMILES string of the molecule is CCN(c1nc(OC[C@@]23CCCN2C[C@H](F)C3)nc2c(C(F)(F)F)c(-c3ccc(F)c4sc(N)c(C#N)c34)c(C(F)(F)F)cc12)[C@@H]1C[C@H](C)N(C(=O)COC)C1. The van der Waals surface area contributed by atoms with Gasteiger partial charge >= 0.3 is 18.4 Å². The van der Waals surface area contributed by atoms with Gasteiger partial charge in [-0.3, -0.25) is 9.69 Å². The summed E-state index contributed by atoms with van der Waals surface area (Å²) < 4.78 is 133. The van der Waals surface area contributed by atoms with Gasteiger partial charge in [0, 0.05) is 61.6 Å². The van der Waals surface area contributed by atoms with Gasteiger partial charge in [-0.15, -0.1) is 11.3 Å². The smallest absolute Gasteiger partial charge is 0.419 e. The Hall–Kier alpha value is -4.54. The second-order valence-corrected chi connectivity index (χ2v) is 15.6. The van der Waals surface area contributed by atoms with E-state index in [9.17, 15) is 14.4 Å². The summed E-state index contributed by atoms with van der Waals surface area (Å²) >= 11 is 0.525. The zero-order chi connectivity index (χ0) is 40.5. The zero-order valence-corrected chi connectivity index (χ0v) is 31.3. The van der Waals surface area contributed by atoms with Crippen LogP contribution in [0.3, 0.4) is 0 Å². The van der Waals surface area contributed by atoms with Gasteiger partial charge in [0.1, 0.15) is 42.1 Å². The van der Waals surface area contributed by atoms with Gasteiger partial charge in [-0.1, -0.05) is 6.07 Å². The Bertz CT molecular complexity index is 2240. The molecular formula is C37H37F8N7O3S. The molecule has 2 aromatic heterocycles. The van der Waals surface area contributed by atoms with Crippen LogP contribution in [-0.4, -0.2) is 96.0 Å². The number of carbonyl (C=O) groups excluding carboxylic acids is 1. The molecule has 3 aliphatic rings. The largest absolute Gasteiger partial charge is 0.461 e. The van der Waals surface area contributed by atoms with Crippen LogP contribution in [0.25, 0.3) is 32.1 Å². The van der Waals surface area contributed by atoms with Crippen molar-refractivity contribution < 1.29 is 49.4 Å². The Morgan fingerprint density at radius 3 is 2.59 bits per heavy atom. The molecule has 10 nitrogen and oxygen atoms in total. The second-order valence-electron chi connectivity index (χ2n) is 14.5. The molecule has 0 radical (unpaired) electrons. The fourth-order valence-corrected chi connectivity index (χ4v) is 9.76. The van der Waals surface area contributed by atoms with Crippen molar-refractivity contribution in [3.8, 4) is 23.2 Å². The average molecular weight is 812 g/mol. The number of hydrogen-bond donors (Lipinski definition) is 1. The first-order valence-electron chi connectivity index (χ1n) is 17.9. The minimum absolute atomic E-state index is 0.0409. The molecule has 0 bridgehead atoms. The van der Waals surface area contributed by atoms with Gasteiger partial charge < -0.3 is 25.0 Å². The molecule has 0 spiro atoms. The van der Waals surface area contributed by atoms with Gasteiger partial charge in [0.2, 0.25) is 5.91 Å². The molecule has 2 N–H and O–H groups in total. The maximum atomic E-state index is 15.7. The molecular weight excluding hydrogens is 775 g/mol. The van der Waals surface area contributed by atoms with Gasteiger partial charge in [0.15, 0.2) is 0 Å². The summed E-state index contributed by atoms with van der Waals surface area (Å²) in [5.74, 6) is -1.64. The van der Waals surface area contributed by atoms with Crippen molar-refractivity contribution in [1.82, 2.24) is 19.8 Å². The molecule has 5 heterocycles. The molecule has 4 atom stereocenters. The number of anilines is 2.